The summed E-state index contributed by atoms with van der Waals surface area (Å²) in [4.78, 5) is 1.40. The van der Waals surface area contributed by atoms with Gasteiger partial charge in [-0.1, -0.05) is 23.2 Å². The Kier molecular flexibility index (Phi) is 4.34. The van der Waals surface area contributed by atoms with Gasteiger partial charge in [0.25, 0.3) is 0 Å². The van der Waals surface area contributed by atoms with Gasteiger partial charge in [-0.15, -0.1) is 11.3 Å². The van der Waals surface area contributed by atoms with Gasteiger partial charge in [0.05, 0.1) is 23.2 Å². The number of ether oxygens (including phenoxy) is 1. The standard InChI is InChI=1S/C16H17Cl2NOS/c1-9-6-13(14(20-2)8-11(9)17)19-12-4-3-5-15-10(12)7-16(18)21-15/h6-8,12,19H,3-5H2,1-2H3. The van der Waals surface area contributed by atoms with Gasteiger partial charge in [0.15, 0.2) is 0 Å². The highest BCUT2D eigenvalue weighted by Crippen LogP contribution is 2.41. The second-order valence-electron chi connectivity index (χ2n) is 5.32. The van der Waals surface area contributed by atoms with E-state index in [4.69, 9.17) is 27.9 Å². The Morgan fingerprint density at radius 2 is 2.10 bits per heavy atom. The SMILES string of the molecule is COc1cc(Cl)c(C)cc1NC1CCCc2sc(Cl)cc21. The maximum atomic E-state index is 6.17. The van der Waals surface area contributed by atoms with Crippen LogP contribution in [0.1, 0.15) is 34.9 Å². The first kappa shape index (κ1) is 15.0. The molecule has 2 nitrogen and oxygen atoms in total. The van der Waals surface area contributed by atoms with Crippen LogP contribution in [0.3, 0.4) is 0 Å². The van der Waals surface area contributed by atoms with Gasteiger partial charge in [-0.2, -0.15) is 0 Å². The number of aryl methyl sites for hydroxylation is 2. The number of hydrogen-bond acceptors (Lipinski definition) is 3. The molecular formula is C16H17Cl2NOS. The molecule has 1 heterocycles. The van der Waals surface area contributed by atoms with Crippen molar-refractivity contribution in [2.75, 3.05) is 12.4 Å². The van der Waals surface area contributed by atoms with Gasteiger partial charge in [-0.05, 0) is 49.4 Å². The monoisotopic (exact) mass is 341 g/mol. The third-order valence-corrected chi connectivity index (χ3v) is 5.64. The van der Waals surface area contributed by atoms with Gasteiger partial charge < -0.3 is 10.1 Å². The summed E-state index contributed by atoms with van der Waals surface area (Å²) in [6.07, 6.45) is 3.41. The molecule has 0 amide bonds. The van der Waals surface area contributed by atoms with Crippen LogP contribution in [0.2, 0.25) is 9.36 Å². The smallest absolute Gasteiger partial charge is 0.143 e. The minimum absolute atomic E-state index is 0.284. The van der Waals surface area contributed by atoms with Crippen LogP contribution in [0, 0.1) is 6.92 Å². The van der Waals surface area contributed by atoms with Gasteiger partial charge in [0.1, 0.15) is 5.75 Å². The maximum absolute atomic E-state index is 6.17. The number of nitrogens with one attached hydrogen (secondary N) is 1. The molecule has 0 saturated heterocycles. The minimum Gasteiger partial charge on any atom is -0.495 e. The minimum atomic E-state index is 0.284. The molecule has 0 fully saturated rings. The molecule has 1 unspecified atom stereocenters. The highest BCUT2D eigenvalue weighted by molar-refractivity contribution is 7.16. The Morgan fingerprint density at radius 1 is 1.29 bits per heavy atom. The van der Waals surface area contributed by atoms with Crippen molar-refractivity contribution in [1.82, 2.24) is 0 Å². The zero-order valence-corrected chi connectivity index (χ0v) is 14.3. The Labute approximate surface area is 139 Å². The Bertz CT molecular complexity index is 669. The summed E-state index contributed by atoms with van der Waals surface area (Å²) < 4.78 is 6.31. The summed E-state index contributed by atoms with van der Waals surface area (Å²) in [7, 11) is 1.67. The van der Waals surface area contributed by atoms with E-state index in [0.717, 1.165) is 39.2 Å². The van der Waals surface area contributed by atoms with E-state index in [0.29, 0.717) is 0 Å². The molecule has 1 aromatic carbocycles. The molecule has 3 rings (SSSR count). The summed E-state index contributed by atoms with van der Waals surface area (Å²) in [5, 5.41) is 4.32. The Balaban J connectivity index is 1.92. The van der Waals surface area contributed by atoms with Gasteiger partial charge in [0, 0.05) is 16.0 Å². The van der Waals surface area contributed by atoms with Crippen molar-refractivity contribution in [3.8, 4) is 5.75 Å². The lowest BCUT2D eigenvalue weighted by Crippen LogP contribution is -2.16. The van der Waals surface area contributed by atoms with Crippen LogP contribution in [0.4, 0.5) is 5.69 Å². The fourth-order valence-electron chi connectivity index (χ4n) is 2.80. The summed E-state index contributed by atoms with van der Waals surface area (Å²) >= 11 is 14.0. The van der Waals surface area contributed by atoms with Crippen molar-refractivity contribution >= 4 is 40.2 Å². The Morgan fingerprint density at radius 3 is 2.86 bits per heavy atom. The van der Waals surface area contributed by atoms with Gasteiger partial charge in [-0.3, -0.25) is 0 Å². The first-order valence-corrected chi connectivity index (χ1v) is 8.54. The van der Waals surface area contributed by atoms with Crippen molar-refractivity contribution in [3.63, 3.8) is 0 Å². The van der Waals surface area contributed by atoms with Crippen molar-refractivity contribution in [3.05, 3.63) is 43.6 Å². The molecule has 112 valence electrons. The van der Waals surface area contributed by atoms with Crippen molar-refractivity contribution in [2.45, 2.75) is 32.2 Å². The van der Waals surface area contributed by atoms with Crippen LogP contribution < -0.4 is 10.1 Å². The maximum Gasteiger partial charge on any atom is 0.143 e. The second kappa shape index (κ2) is 6.07. The number of halogens is 2. The van der Waals surface area contributed by atoms with Crippen LogP contribution in [0.15, 0.2) is 18.2 Å². The van der Waals surface area contributed by atoms with E-state index in [9.17, 15) is 0 Å². The largest absolute Gasteiger partial charge is 0.495 e. The summed E-state index contributed by atoms with van der Waals surface area (Å²) in [5.41, 5.74) is 3.35. The molecule has 1 atom stereocenters. The topological polar surface area (TPSA) is 21.3 Å². The summed E-state index contributed by atoms with van der Waals surface area (Å²) in [5.74, 6) is 0.777. The van der Waals surface area contributed by atoms with E-state index >= 15 is 0 Å². The zero-order chi connectivity index (χ0) is 15.0. The number of fused-ring (bicyclic) bond motifs is 1. The molecule has 0 saturated carbocycles. The predicted molar refractivity (Wildman–Crippen MR) is 91.4 cm³/mol. The highest BCUT2D eigenvalue weighted by Gasteiger charge is 2.23. The molecule has 0 aliphatic heterocycles. The Hall–Kier alpha value is -0.900. The molecule has 1 aliphatic carbocycles. The first-order valence-electron chi connectivity index (χ1n) is 6.97. The number of thiophene rings is 1. The fourth-order valence-corrected chi connectivity index (χ4v) is 4.34. The molecular weight excluding hydrogens is 325 g/mol. The van der Waals surface area contributed by atoms with E-state index in [2.05, 4.69) is 11.4 Å². The zero-order valence-electron chi connectivity index (χ0n) is 12.0. The van der Waals surface area contributed by atoms with Gasteiger partial charge in [0.2, 0.25) is 0 Å². The lowest BCUT2D eigenvalue weighted by atomic mass is 9.93. The first-order chi connectivity index (χ1) is 10.1. The second-order valence-corrected chi connectivity index (χ2v) is 7.50. The van der Waals surface area contributed by atoms with Crippen molar-refractivity contribution in [1.29, 1.82) is 0 Å². The van der Waals surface area contributed by atoms with E-state index in [1.807, 2.05) is 19.1 Å². The molecule has 1 aliphatic rings. The number of hydrogen-bond donors (Lipinski definition) is 1. The highest BCUT2D eigenvalue weighted by atomic mass is 35.5. The molecule has 0 bridgehead atoms. The van der Waals surface area contributed by atoms with E-state index in [-0.39, 0.29) is 6.04 Å². The third-order valence-electron chi connectivity index (χ3n) is 3.89. The average Bonchev–Trinajstić information content (AvgIpc) is 2.84. The predicted octanol–water partition coefficient (Wildman–Crippen LogP) is 5.86. The van der Waals surface area contributed by atoms with E-state index in [1.165, 1.54) is 16.9 Å². The number of benzene rings is 1. The van der Waals surface area contributed by atoms with Crippen LogP contribution in [0.5, 0.6) is 5.75 Å². The lowest BCUT2D eigenvalue weighted by Gasteiger charge is -2.26. The molecule has 21 heavy (non-hydrogen) atoms. The summed E-state index contributed by atoms with van der Waals surface area (Å²) in [6, 6.07) is 6.28. The van der Waals surface area contributed by atoms with E-state index in [1.54, 1.807) is 18.4 Å². The third kappa shape index (κ3) is 3.01. The molecule has 1 aromatic heterocycles. The van der Waals surface area contributed by atoms with E-state index < -0.39 is 0 Å². The van der Waals surface area contributed by atoms with Gasteiger partial charge >= 0.3 is 0 Å². The summed E-state index contributed by atoms with van der Waals surface area (Å²) in [6.45, 7) is 2.00. The van der Waals surface area contributed by atoms with Crippen molar-refractivity contribution < 1.29 is 4.74 Å². The molecule has 0 spiro atoms. The quantitative estimate of drug-likeness (QED) is 0.754. The molecule has 1 N–H and O–H groups in total. The fraction of sp³-hybridized carbons (Fsp3) is 0.375. The van der Waals surface area contributed by atoms with Crippen LogP contribution in [-0.4, -0.2) is 7.11 Å². The number of rotatable bonds is 3. The molecule has 0 radical (unpaired) electrons. The number of methoxy groups -OCH3 is 1. The van der Waals surface area contributed by atoms with Crippen molar-refractivity contribution in [2.24, 2.45) is 0 Å². The van der Waals surface area contributed by atoms with Crippen LogP contribution in [0.25, 0.3) is 0 Å². The average molecular weight is 342 g/mol. The molecule has 2 aromatic rings. The molecule has 5 heteroatoms. The number of anilines is 1. The van der Waals surface area contributed by atoms with Crippen LogP contribution in [-0.2, 0) is 6.42 Å². The van der Waals surface area contributed by atoms with Gasteiger partial charge in [-0.25, -0.2) is 0 Å². The normalized spacial score (nSPS) is 17.4. The van der Waals surface area contributed by atoms with Crippen LogP contribution >= 0.6 is 34.5 Å². The lowest BCUT2D eigenvalue weighted by molar-refractivity contribution is 0.415.